The average molecular weight is 445 g/mol. The second-order valence-corrected chi connectivity index (χ2v) is 9.12. The Kier molecular flexibility index (Phi) is 7.65. The number of carbonyl (C=O) groups is 2. The molecule has 32 heavy (non-hydrogen) atoms. The molecule has 0 bridgehead atoms. The second-order valence-electron chi connectivity index (χ2n) is 9.12. The molecule has 1 aromatic rings. The first-order valence-corrected chi connectivity index (χ1v) is 11.8. The van der Waals surface area contributed by atoms with Gasteiger partial charge in [-0.05, 0) is 25.3 Å². The molecule has 3 fully saturated rings. The molecule has 8 heteroatoms. The first kappa shape index (κ1) is 23.0. The number of likely N-dealkylation sites (tertiary alicyclic amines) is 1. The van der Waals surface area contributed by atoms with E-state index in [1.165, 1.54) is 12.7 Å². The predicted molar refractivity (Wildman–Crippen MR) is 121 cm³/mol. The Morgan fingerprint density at radius 2 is 1.72 bits per heavy atom. The molecule has 8 nitrogen and oxygen atoms in total. The van der Waals surface area contributed by atoms with Gasteiger partial charge in [0.15, 0.2) is 6.23 Å². The molecule has 0 N–H and O–H groups in total. The van der Waals surface area contributed by atoms with Gasteiger partial charge in [-0.2, -0.15) is 0 Å². The number of hydrogen-bond acceptors (Lipinski definition) is 7. The number of benzene rings is 1. The van der Waals surface area contributed by atoms with Crippen molar-refractivity contribution >= 4 is 12.1 Å². The summed E-state index contributed by atoms with van der Waals surface area (Å²) >= 11 is 0. The van der Waals surface area contributed by atoms with Gasteiger partial charge in [0.05, 0.1) is 19.6 Å². The van der Waals surface area contributed by atoms with Gasteiger partial charge in [0.1, 0.15) is 0 Å². The highest BCUT2D eigenvalue weighted by Crippen LogP contribution is 2.30. The van der Waals surface area contributed by atoms with Gasteiger partial charge in [0.2, 0.25) is 0 Å². The van der Waals surface area contributed by atoms with Crippen LogP contribution in [0.15, 0.2) is 30.3 Å². The van der Waals surface area contributed by atoms with E-state index in [9.17, 15) is 9.59 Å². The van der Waals surface area contributed by atoms with Crippen molar-refractivity contribution in [3.63, 3.8) is 0 Å². The van der Waals surface area contributed by atoms with Gasteiger partial charge < -0.3 is 14.4 Å². The zero-order valence-electron chi connectivity index (χ0n) is 19.3. The largest absolute Gasteiger partial charge is 0.469 e. The van der Waals surface area contributed by atoms with Crippen molar-refractivity contribution in [1.82, 2.24) is 19.6 Å². The molecule has 0 spiro atoms. The lowest BCUT2D eigenvalue weighted by Crippen LogP contribution is -2.55. The number of methoxy groups -OCH3 is 1. The topological polar surface area (TPSA) is 65.6 Å². The third-order valence-electron chi connectivity index (χ3n) is 7.11. The van der Waals surface area contributed by atoms with Gasteiger partial charge >= 0.3 is 12.1 Å². The fourth-order valence-electron chi connectivity index (χ4n) is 5.22. The summed E-state index contributed by atoms with van der Waals surface area (Å²) in [4.78, 5) is 33.2. The smallest absolute Gasteiger partial charge is 0.412 e. The van der Waals surface area contributed by atoms with Crippen molar-refractivity contribution in [3.05, 3.63) is 35.9 Å². The van der Waals surface area contributed by atoms with E-state index in [0.29, 0.717) is 13.0 Å². The Hall–Kier alpha value is -2.16. The first-order chi connectivity index (χ1) is 15.5. The van der Waals surface area contributed by atoms with Gasteiger partial charge in [-0.3, -0.25) is 19.5 Å². The van der Waals surface area contributed by atoms with E-state index >= 15 is 0 Å². The molecule has 2 atom stereocenters. The molecule has 4 rings (SSSR count). The molecule has 0 aliphatic carbocycles. The van der Waals surface area contributed by atoms with Crippen molar-refractivity contribution in [3.8, 4) is 0 Å². The Morgan fingerprint density at radius 3 is 2.38 bits per heavy atom. The number of esters is 1. The number of amides is 1. The maximum atomic E-state index is 12.8. The molecule has 2 unspecified atom stereocenters. The van der Waals surface area contributed by atoms with E-state index in [1.54, 1.807) is 0 Å². The maximum Gasteiger partial charge on any atom is 0.412 e. The standard InChI is InChI=1S/C24H36N4O4/c1-19-23(27-16-14-25(15-17-27)13-10-22(29)31-2)32-24(30)28(19)21-8-11-26(12-9-21)18-20-6-4-3-5-7-20/h3-7,19,21,23H,8-18H2,1-2H3. The zero-order chi connectivity index (χ0) is 22.5. The molecular weight excluding hydrogens is 408 g/mol. The summed E-state index contributed by atoms with van der Waals surface area (Å²) in [7, 11) is 1.43. The van der Waals surface area contributed by atoms with E-state index in [2.05, 4.69) is 52.0 Å². The van der Waals surface area contributed by atoms with Crippen LogP contribution in [0.25, 0.3) is 0 Å². The van der Waals surface area contributed by atoms with Gasteiger partial charge in [-0.25, -0.2) is 4.79 Å². The Balaban J connectivity index is 1.25. The minimum absolute atomic E-state index is 0.0507. The molecule has 0 radical (unpaired) electrons. The minimum Gasteiger partial charge on any atom is -0.469 e. The van der Waals surface area contributed by atoms with Crippen LogP contribution in [0.1, 0.15) is 31.7 Å². The Morgan fingerprint density at radius 1 is 1.03 bits per heavy atom. The fourth-order valence-corrected chi connectivity index (χ4v) is 5.22. The van der Waals surface area contributed by atoms with E-state index in [0.717, 1.165) is 58.7 Å². The minimum atomic E-state index is -0.187. The lowest BCUT2D eigenvalue weighted by atomic mass is 10.0. The molecule has 1 aromatic carbocycles. The number of cyclic esters (lactones) is 1. The number of piperidine rings is 1. The third kappa shape index (κ3) is 5.42. The highest BCUT2D eigenvalue weighted by atomic mass is 16.6. The van der Waals surface area contributed by atoms with Crippen LogP contribution in [0.2, 0.25) is 0 Å². The summed E-state index contributed by atoms with van der Waals surface area (Å²) in [6.07, 6.45) is 2.03. The lowest BCUT2D eigenvalue weighted by Gasteiger charge is -2.40. The summed E-state index contributed by atoms with van der Waals surface area (Å²) in [6.45, 7) is 9.23. The number of rotatable bonds is 7. The van der Waals surface area contributed by atoms with Gasteiger partial charge in [-0.1, -0.05) is 30.3 Å². The highest BCUT2D eigenvalue weighted by molar-refractivity contribution is 5.71. The van der Waals surface area contributed by atoms with Crippen LogP contribution in [-0.2, 0) is 20.8 Å². The van der Waals surface area contributed by atoms with E-state index in [4.69, 9.17) is 9.47 Å². The molecule has 176 valence electrons. The average Bonchev–Trinajstić information content (AvgIpc) is 3.13. The zero-order valence-corrected chi connectivity index (χ0v) is 19.3. The van der Waals surface area contributed by atoms with Gasteiger partial charge in [-0.15, -0.1) is 0 Å². The summed E-state index contributed by atoms with van der Waals surface area (Å²) in [5.74, 6) is -0.170. The van der Waals surface area contributed by atoms with Gasteiger partial charge in [0, 0.05) is 58.4 Å². The molecule has 0 saturated carbocycles. The molecular formula is C24H36N4O4. The van der Waals surface area contributed by atoms with E-state index < -0.39 is 0 Å². The predicted octanol–water partition coefficient (Wildman–Crippen LogP) is 2.00. The monoisotopic (exact) mass is 444 g/mol. The fraction of sp³-hybridized carbons (Fsp3) is 0.667. The van der Waals surface area contributed by atoms with Crippen LogP contribution in [0.5, 0.6) is 0 Å². The first-order valence-electron chi connectivity index (χ1n) is 11.8. The van der Waals surface area contributed by atoms with Crippen LogP contribution in [0, 0.1) is 0 Å². The lowest BCUT2D eigenvalue weighted by molar-refractivity contribution is -0.141. The normalized spacial score (nSPS) is 26.3. The van der Waals surface area contributed by atoms with E-state index in [-0.39, 0.29) is 30.4 Å². The van der Waals surface area contributed by atoms with Crippen molar-refractivity contribution in [1.29, 1.82) is 0 Å². The SMILES string of the molecule is COC(=O)CCN1CCN(C2OC(=O)N(C3CCN(Cc4ccccc4)CC3)C2C)CC1. The van der Waals surface area contributed by atoms with Crippen LogP contribution in [0.4, 0.5) is 4.79 Å². The summed E-state index contributed by atoms with van der Waals surface area (Å²) in [6, 6.07) is 10.9. The highest BCUT2D eigenvalue weighted by Gasteiger charge is 2.46. The van der Waals surface area contributed by atoms with Crippen LogP contribution >= 0.6 is 0 Å². The summed E-state index contributed by atoms with van der Waals surface area (Å²) in [5.41, 5.74) is 1.34. The van der Waals surface area contributed by atoms with Crippen molar-refractivity contribution in [2.45, 2.75) is 51.0 Å². The van der Waals surface area contributed by atoms with E-state index in [1.807, 2.05) is 4.90 Å². The molecule has 1 amide bonds. The number of carbonyl (C=O) groups excluding carboxylic acids is 2. The molecule has 3 aliphatic rings. The van der Waals surface area contributed by atoms with Crippen LogP contribution < -0.4 is 0 Å². The Bertz CT molecular complexity index is 761. The number of piperazine rings is 1. The number of ether oxygens (including phenoxy) is 2. The third-order valence-corrected chi connectivity index (χ3v) is 7.11. The van der Waals surface area contributed by atoms with Crippen LogP contribution in [0.3, 0.4) is 0 Å². The number of nitrogens with zero attached hydrogens (tertiary/aromatic N) is 4. The van der Waals surface area contributed by atoms with Gasteiger partial charge in [0.25, 0.3) is 0 Å². The van der Waals surface area contributed by atoms with Crippen molar-refractivity contribution < 1.29 is 19.1 Å². The second kappa shape index (κ2) is 10.6. The van der Waals surface area contributed by atoms with Crippen molar-refractivity contribution in [2.24, 2.45) is 0 Å². The summed E-state index contributed by atoms with van der Waals surface area (Å²) in [5, 5.41) is 0. The quantitative estimate of drug-likeness (QED) is 0.596. The maximum absolute atomic E-state index is 12.8. The number of hydrogen-bond donors (Lipinski definition) is 0. The molecule has 3 aliphatic heterocycles. The molecule has 3 heterocycles. The Labute approximate surface area is 191 Å². The van der Waals surface area contributed by atoms with Crippen LogP contribution in [-0.4, -0.2) is 103 Å². The molecule has 3 saturated heterocycles. The van der Waals surface area contributed by atoms with Crippen molar-refractivity contribution in [2.75, 3.05) is 52.9 Å². The molecule has 0 aromatic heterocycles. The summed E-state index contributed by atoms with van der Waals surface area (Å²) < 4.78 is 10.6.